The second-order valence-corrected chi connectivity index (χ2v) is 5.83. The van der Waals surface area contributed by atoms with E-state index in [0.717, 1.165) is 28.0 Å². The van der Waals surface area contributed by atoms with Crippen LogP contribution >= 0.6 is 27.7 Å². The molecule has 0 heterocycles. The summed E-state index contributed by atoms with van der Waals surface area (Å²) in [5.74, 6) is 0.899. The Bertz CT molecular complexity index is 542. The Morgan fingerprint density at radius 2 is 1.89 bits per heavy atom. The van der Waals surface area contributed by atoms with Gasteiger partial charge in [0, 0.05) is 27.2 Å². The average molecular weight is 338 g/mol. The third kappa shape index (κ3) is 3.91. The van der Waals surface area contributed by atoms with Crippen molar-refractivity contribution in [3.05, 3.63) is 52.5 Å². The van der Waals surface area contributed by atoms with Crippen molar-refractivity contribution in [3.63, 3.8) is 0 Å². The quantitative estimate of drug-likeness (QED) is 0.792. The summed E-state index contributed by atoms with van der Waals surface area (Å²) in [6, 6.07) is 14.4. The van der Waals surface area contributed by atoms with Crippen LogP contribution in [0.1, 0.15) is 5.56 Å². The summed E-state index contributed by atoms with van der Waals surface area (Å²) in [5, 5.41) is 3.40. The van der Waals surface area contributed by atoms with Crippen LogP contribution < -0.4 is 10.1 Å². The number of hydrogen-bond acceptors (Lipinski definition) is 3. The lowest BCUT2D eigenvalue weighted by atomic mass is 10.2. The van der Waals surface area contributed by atoms with Crippen LogP contribution in [0.4, 0.5) is 5.69 Å². The van der Waals surface area contributed by atoms with Gasteiger partial charge >= 0.3 is 0 Å². The Hall–Kier alpha value is -1.13. The van der Waals surface area contributed by atoms with E-state index >= 15 is 0 Å². The van der Waals surface area contributed by atoms with E-state index in [4.69, 9.17) is 4.74 Å². The van der Waals surface area contributed by atoms with Crippen molar-refractivity contribution in [1.82, 2.24) is 0 Å². The van der Waals surface area contributed by atoms with Crippen molar-refractivity contribution < 1.29 is 4.74 Å². The van der Waals surface area contributed by atoms with Crippen molar-refractivity contribution in [1.29, 1.82) is 0 Å². The molecule has 0 aromatic heterocycles. The molecular formula is C15H16BrNOS. The third-order valence-electron chi connectivity index (χ3n) is 2.82. The zero-order valence-corrected chi connectivity index (χ0v) is 13.3. The van der Waals surface area contributed by atoms with Crippen LogP contribution in [0, 0.1) is 0 Å². The Kier molecular flexibility index (Phi) is 5.16. The molecule has 2 aromatic carbocycles. The second-order valence-electron chi connectivity index (χ2n) is 4.04. The minimum absolute atomic E-state index is 0.737. The highest BCUT2D eigenvalue weighted by Crippen LogP contribution is 2.24. The van der Waals surface area contributed by atoms with Crippen LogP contribution in [0.25, 0.3) is 0 Å². The lowest BCUT2D eigenvalue weighted by Gasteiger charge is -2.11. The molecule has 0 amide bonds. The monoisotopic (exact) mass is 337 g/mol. The molecule has 4 heteroatoms. The number of anilines is 1. The molecule has 0 aliphatic carbocycles. The molecule has 0 fully saturated rings. The average Bonchev–Trinajstić information content (AvgIpc) is 2.46. The summed E-state index contributed by atoms with van der Waals surface area (Å²) in [7, 11) is 1.69. The van der Waals surface area contributed by atoms with Gasteiger partial charge < -0.3 is 10.1 Å². The summed E-state index contributed by atoms with van der Waals surface area (Å²) in [5.41, 5.74) is 2.24. The lowest BCUT2D eigenvalue weighted by Crippen LogP contribution is -2.01. The number of rotatable bonds is 5. The fourth-order valence-corrected chi connectivity index (χ4v) is 2.61. The summed E-state index contributed by atoms with van der Waals surface area (Å²) in [4.78, 5) is 1.27. The molecule has 0 saturated heterocycles. The molecule has 0 atom stereocenters. The SMILES string of the molecule is COc1ccc(Br)cc1CNc1ccc(SC)cc1. The molecule has 0 spiro atoms. The smallest absolute Gasteiger partial charge is 0.123 e. The van der Waals surface area contributed by atoms with Crippen molar-refractivity contribution >= 4 is 33.4 Å². The van der Waals surface area contributed by atoms with Gasteiger partial charge in [0.2, 0.25) is 0 Å². The lowest BCUT2D eigenvalue weighted by molar-refractivity contribution is 0.410. The second kappa shape index (κ2) is 6.87. The van der Waals surface area contributed by atoms with E-state index in [1.165, 1.54) is 4.90 Å². The molecule has 0 aliphatic heterocycles. The van der Waals surface area contributed by atoms with Crippen molar-refractivity contribution in [2.24, 2.45) is 0 Å². The van der Waals surface area contributed by atoms with E-state index in [1.54, 1.807) is 18.9 Å². The van der Waals surface area contributed by atoms with Gasteiger partial charge in [-0.25, -0.2) is 0 Å². The maximum absolute atomic E-state index is 5.36. The van der Waals surface area contributed by atoms with Gasteiger partial charge in [-0.2, -0.15) is 0 Å². The van der Waals surface area contributed by atoms with Crippen LogP contribution in [0.2, 0.25) is 0 Å². The maximum atomic E-state index is 5.36. The summed E-state index contributed by atoms with van der Waals surface area (Å²) in [6.45, 7) is 0.737. The highest BCUT2D eigenvalue weighted by molar-refractivity contribution is 9.10. The zero-order valence-electron chi connectivity index (χ0n) is 10.9. The van der Waals surface area contributed by atoms with E-state index in [1.807, 2.05) is 12.1 Å². The Labute approximate surface area is 126 Å². The molecule has 2 nitrogen and oxygen atoms in total. The normalized spacial score (nSPS) is 10.3. The van der Waals surface area contributed by atoms with Crippen LogP contribution in [0.5, 0.6) is 5.75 Å². The van der Waals surface area contributed by atoms with Gasteiger partial charge in [-0.15, -0.1) is 11.8 Å². The zero-order chi connectivity index (χ0) is 13.7. The van der Waals surface area contributed by atoms with E-state index in [9.17, 15) is 0 Å². The molecule has 0 aliphatic rings. The molecule has 0 saturated carbocycles. The number of hydrogen-bond donors (Lipinski definition) is 1. The van der Waals surface area contributed by atoms with Crippen LogP contribution in [0.15, 0.2) is 51.8 Å². The standard InChI is InChI=1S/C15H16BrNOS/c1-18-15-8-3-12(16)9-11(15)10-17-13-4-6-14(19-2)7-5-13/h3-9,17H,10H2,1-2H3. The Balaban J connectivity index is 2.07. The number of ether oxygens (including phenoxy) is 1. The highest BCUT2D eigenvalue weighted by Gasteiger charge is 2.03. The van der Waals surface area contributed by atoms with Gasteiger partial charge in [0.25, 0.3) is 0 Å². The molecule has 0 unspecified atom stereocenters. The summed E-state index contributed by atoms with van der Waals surface area (Å²) in [6.07, 6.45) is 2.08. The number of thioether (sulfide) groups is 1. The van der Waals surface area contributed by atoms with Gasteiger partial charge in [0.05, 0.1) is 7.11 Å². The van der Waals surface area contributed by atoms with E-state index < -0.39 is 0 Å². The molecule has 0 radical (unpaired) electrons. The Morgan fingerprint density at radius 3 is 2.53 bits per heavy atom. The number of nitrogens with one attached hydrogen (secondary N) is 1. The van der Waals surface area contributed by atoms with E-state index in [0.29, 0.717) is 0 Å². The molecule has 100 valence electrons. The minimum Gasteiger partial charge on any atom is -0.496 e. The molecule has 0 bridgehead atoms. The number of methoxy groups -OCH3 is 1. The largest absolute Gasteiger partial charge is 0.496 e. The number of halogens is 1. The van der Waals surface area contributed by atoms with E-state index in [2.05, 4.69) is 57.8 Å². The van der Waals surface area contributed by atoms with Crippen molar-refractivity contribution in [2.75, 3.05) is 18.7 Å². The first-order valence-electron chi connectivity index (χ1n) is 5.93. The summed E-state index contributed by atoms with van der Waals surface area (Å²) >= 11 is 5.23. The van der Waals surface area contributed by atoms with Gasteiger partial charge in [0.15, 0.2) is 0 Å². The fourth-order valence-electron chi connectivity index (χ4n) is 1.79. The van der Waals surface area contributed by atoms with Crippen molar-refractivity contribution in [3.8, 4) is 5.75 Å². The number of benzene rings is 2. The van der Waals surface area contributed by atoms with Gasteiger partial charge in [-0.3, -0.25) is 0 Å². The van der Waals surface area contributed by atoms with Gasteiger partial charge in [0.1, 0.15) is 5.75 Å². The van der Waals surface area contributed by atoms with Crippen LogP contribution in [0.3, 0.4) is 0 Å². The topological polar surface area (TPSA) is 21.3 Å². The highest BCUT2D eigenvalue weighted by atomic mass is 79.9. The van der Waals surface area contributed by atoms with Gasteiger partial charge in [-0.1, -0.05) is 15.9 Å². The molecule has 1 N–H and O–H groups in total. The van der Waals surface area contributed by atoms with E-state index in [-0.39, 0.29) is 0 Å². The molecule has 2 rings (SSSR count). The first kappa shape index (κ1) is 14.3. The fraction of sp³-hybridized carbons (Fsp3) is 0.200. The van der Waals surface area contributed by atoms with Crippen molar-refractivity contribution in [2.45, 2.75) is 11.4 Å². The predicted molar refractivity (Wildman–Crippen MR) is 86.2 cm³/mol. The summed E-state index contributed by atoms with van der Waals surface area (Å²) < 4.78 is 6.42. The first-order chi connectivity index (χ1) is 9.22. The molecular weight excluding hydrogens is 322 g/mol. The van der Waals surface area contributed by atoms with Crippen LogP contribution in [-0.2, 0) is 6.54 Å². The third-order valence-corrected chi connectivity index (χ3v) is 4.05. The van der Waals surface area contributed by atoms with Gasteiger partial charge in [-0.05, 0) is 48.7 Å². The predicted octanol–water partition coefficient (Wildman–Crippen LogP) is 4.79. The van der Waals surface area contributed by atoms with Crippen LogP contribution in [-0.4, -0.2) is 13.4 Å². The first-order valence-corrected chi connectivity index (χ1v) is 7.95. The Morgan fingerprint density at radius 1 is 1.16 bits per heavy atom. The maximum Gasteiger partial charge on any atom is 0.123 e. The molecule has 2 aromatic rings. The molecule has 19 heavy (non-hydrogen) atoms. The minimum atomic E-state index is 0.737.